The lowest BCUT2D eigenvalue weighted by Crippen LogP contribution is -2.45. The summed E-state index contributed by atoms with van der Waals surface area (Å²) in [5.41, 5.74) is 2.54. The molecule has 1 aliphatic rings. The first-order chi connectivity index (χ1) is 15.9. The molecule has 2 amide bonds. The number of rotatable bonds is 8. The number of aryl methyl sites for hydroxylation is 1. The van der Waals surface area contributed by atoms with Gasteiger partial charge >= 0.3 is 0 Å². The summed E-state index contributed by atoms with van der Waals surface area (Å²) in [4.78, 5) is 29.9. The summed E-state index contributed by atoms with van der Waals surface area (Å²) in [5, 5.41) is 0. The lowest BCUT2D eigenvalue weighted by molar-refractivity contribution is -0.133. The average Bonchev–Trinajstić information content (AvgIpc) is 3.48. The lowest BCUT2D eigenvalue weighted by atomic mass is 10.1. The van der Waals surface area contributed by atoms with Gasteiger partial charge in [-0.15, -0.1) is 0 Å². The van der Waals surface area contributed by atoms with Crippen LogP contribution < -0.4 is 9.47 Å². The molecule has 0 atom stereocenters. The second-order valence-corrected chi connectivity index (χ2v) is 8.41. The molecular weight excluding hydrogens is 420 g/mol. The molecule has 0 bridgehead atoms. The molecule has 1 aromatic heterocycles. The number of carbonyl (C=O) groups is 2. The molecule has 7 heteroatoms. The Labute approximate surface area is 193 Å². The zero-order valence-corrected chi connectivity index (χ0v) is 19.1. The van der Waals surface area contributed by atoms with Crippen molar-refractivity contribution in [3.8, 4) is 11.5 Å². The third-order valence-electron chi connectivity index (χ3n) is 5.58. The summed E-state index contributed by atoms with van der Waals surface area (Å²) in [7, 11) is 0. The molecule has 0 fully saturated rings. The predicted molar refractivity (Wildman–Crippen MR) is 123 cm³/mol. The van der Waals surface area contributed by atoms with E-state index < -0.39 is 0 Å². The van der Waals surface area contributed by atoms with Crippen LogP contribution in [-0.2, 0) is 17.9 Å². The predicted octanol–water partition coefficient (Wildman–Crippen LogP) is 4.40. The van der Waals surface area contributed by atoms with Gasteiger partial charge in [0.1, 0.15) is 12.3 Å². The normalized spacial score (nSPS) is 12.1. The molecule has 172 valence electrons. The summed E-state index contributed by atoms with van der Waals surface area (Å²) in [6.07, 6.45) is 1.58. The van der Waals surface area contributed by atoms with E-state index in [0.29, 0.717) is 35.9 Å². The number of furan rings is 1. The minimum Gasteiger partial charge on any atom is -0.467 e. The van der Waals surface area contributed by atoms with Crippen molar-refractivity contribution in [2.45, 2.75) is 39.9 Å². The highest BCUT2D eigenvalue weighted by Gasteiger charge is 2.25. The molecule has 0 saturated carbocycles. The van der Waals surface area contributed by atoms with E-state index in [0.717, 1.165) is 11.1 Å². The van der Waals surface area contributed by atoms with Crippen molar-refractivity contribution in [1.29, 1.82) is 0 Å². The molecule has 0 unspecified atom stereocenters. The van der Waals surface area contributed by atoms with Crippen LogP contribution in [0.3, 0.4) is 0 Å². The fourth-order valence-electron chi connectivity index (χ4n) is 3.68. The maximum atomic E-state index is 13.4. The minimum atomic E-state index is -0.168. The summed E-state index contributed by atoms with van der Waals surface area (Å²) in [6, 6.07) is 16.5. The van der Waals surface area contributed by atoms with Crippen LogP contribution in [0.5, 0.6) is 11.5 Å². The first-order valence-corrected chi connectivity index (χ1v) is 11.0. The Bertz CT molecular complexity index is 1110. The van der Waals surface area contributed by atoms with Gasteiger partial charge in [0.15, 0.2) is 11.5 Å². The molecule has 1 aliphatic heterocycles. The fraction of sp³-hybridized carbons (Fsp3) is 0.308. The highest BCUT2D eigenvalue weighted by molar-refractivity contribution is 5.96. The van der Waals surface area contributed by atoms with Crippen molar-refractivity contribution in [3.05, 3.63) is 83.3 Å². The van der Waals surface area contributed by atoms with Gasteiger partial charge in [0, 0.05) is 18.2 Å². The van der Waals surface area contributed by atoms with Gasteiger partial charge in [0.25, 0.3) is 5.91 Å². The van der Waals surface area contributed by atoms with E-state index in [1.165, 1.54) is 0 Å². The zero-order valence-electron chi connectivity index (χ0n) is 19.1. The highest BCUT2D eigenvalue weighted by Crippen LogP contribution is 2.33. The molecule has 2 aromatic carbocycles. The summed E-state index contributed by atoms with van der Waals surface area (Å²) in [5.74, 6) is 1.69. The largest absolute Gasteiger partial charge is 0.467 e. The monoisotopic (exact) mass is 448 g/mol. The molecule has 0 saturated heterocycles. The lowest BCUT2D eigenvalue weighted by Gasteiger charge is -2.30. The van der Waals surface area contributed by atoms with Gasteiger partial charge in [-0.05, 0) is 62.7 Å². The van der Waals surface area contributed by atoms with Gasteiger partial charge in [-0.2, -0.15) is 0 Å². The van der Waals surface area contributed by atoms with Crippen molar-refractivity contribution < 1.29 is 23.5 Å². The molecule has 0 radical (unpaired) electrons. The molecule has 3 aromatic rings. The van der Waals surface area contributed by atoms with Gasteiger partial charge < -0.3 is 23.7 Å². The number of benzene rings is 2. The number of carbonyl (C=O) groups excluding carboxylic acids is 2. The maximum Gasteiger partial charge on any atom is 0.254 e. The van der Waals surface area contributed by atoms with Gasteiger partial charge in [-0.25, -0.2) is 0 Å². The molecule has 4 rings (SSSR count). The van der Waals surface area contributed by atoms with E-state index in [4.69, 9.17) is 13.9 Å². The summed E-state index contributed by atoms with van der Waals surface area (Å²) >= 11 is 0. The molecule has 7 nitrogen and oxygen atoms in total. The van der Waals surface area contributed by atoms with Gasteiger partial charge in [0.2, 0.25) is 12.7 Å². The van der Waals surface area contributed by atoms with Crippen LogP contribution in [0.1, 0.15) is 41.1 Å². The number of amides is 2. The standard InChI is InChI=1S/C26H28N2O5/c1-18(2)28(26(30)21-9-6-19(3)7-10-21)16-25(29)27(15-22-5-4-12-31-22)14-20-8-11-23-24(13-20)33-17-32-23/h4-13,18H,14-17H2,1-3H3. The second kappa shape index (κ2) is 9.81. The first-order valence-electron chi connectivity index (χ1n) is 11.0. The van der Waals surface area contributed by atoms with Crippen molar-refractivity contribution in [2.75, 3.05) is 13.3 Å². The van der Waals surface area contributed by atoms with E-state index >= 15 is 0 Å². The van der Waals surface area contributed by atoms with Crippen LogP contribution in [0.4, 0.5) is 0 Å². The van der Waals surface area contributed by atoms with E-state index in [-0.39, 0.29) is 31.2 Å². The van der Waals surface area contributed by atoms with Crippen LogP contribution in [0.25, 0.3) is 0 Å². The van der Waals surface area contributed by atoms with Crippen molar-refractivity contribution in [2.24, 2.45) is 0 Å². The highest BCUT2D eigenvalue weighted by atomic mass is 16.7. The Kier molecular flexibility index (Phi) is 6.68. The molecule has 0 spiro atoms. The van der Waals surface area contributed by atoms with E-state index in [2.05, 4.69) is 0 Å². The molecule has 2 heterocycles. The Morgan fingerprint density at radius 1 is 0.970 bits per heavy atom. The summed E-state index contributed by atoms with van der Waals surface area (Å²) < 4.78 is 16.3. The Hall–Kier alpha value is -3.74. The van der Waals surface area contributed by atoms with Crippen molar-refractivity contribution in [3.63, 3.8) is 0 Å². The SMILES string of the molecule is Cc1ccc(C(=O)N(CC(=O)N(Cc2ccc3c(c2)OCO3)Cc2ccco2)C(C)C)cc1. The third kappa shape index (κ3) is 5.37. The molecule has 0 N–H and O–H groups in total. The number of hydrogen-bond acceptors (Lipinski definition) is 5. The Morgan fingerprint density at radius 2 is 1.73 bits per heavy atom. The van der Waals surface area contributed by atoms with E-state index in [1.54, 1.807) is 34.3 Å². The maximum absolute atomic E-state index is 13.4. The van der Waals surface area contributed by atoms with E-state index in [1.807, 2.05) is 57.2 Å². The number of fused-ring (bicyclic) bond motifs is 1. The van der Waals surface area contributed by atoms with Crippen LogP contribution in [0.15, 0.2) is 65.3 Å². The van der Waals surface area contributed by atoms with Crippen LogP contribution in [0.2, 0.25) is 0 Å². The van der Waals surface area contributed by atoms with Gasteiger partial charge in [0.05, 0.1) is 12.8 Å². The minimum absolute atomic E-state index is 0.0321. The number of hydrogen-bond donors (Lipinski definition) is 0. The molecular formula is C26H28N2O5. The quantitative estimate of drug-likeness (QED) is 0.511. The third-order valence-corrected chi connectivity index (χ3v) is 5.58. The first kappa shape index (κ1) is 22.5. The van der Waals surface area contributed by atoms with Crippen LogP contribution >= 0.6 is 0 Å². The Balaban J connectivity index is 1.54. The fourth-order valence-corrected chi connectivity index (χ4v) is 3.68. The average molecular weight is 449 g/mol. The van der Waals surface area contributed by atoms with E-state index in [9.17, 15) is 9.59 Å². The molecule has 33 heavy (non-hydrogen) atoms. The van der Waals surface area contributed by atoms with Gasteiger partial charge in [-0.1, -0.05) is 23.8 Å². The number of ether oxygens (including phenoxy) is 2. The smallest absolute Gasteiger partial charge is 0.254 e. The van der Waals surface area contributed by atoms with Gasteiger partial charge in [-0.3, -0.25) is 9.59 Å². The Morgan fingerprint density at radius 3 is 2.42 bits per heavy atom. The number of nitrogens with zero attached hydrogens (tertiary/aromatic N) is 2. The van der Waals surface area contributed by atoms with Crippen molar-refractivity contribution >= 4 is 11.8 Å². The zero-order chi connectivity index (χ0) is 23.4. The van der Waals surface area contributed by atoms with Crippen LogP contribution in [-0.4, -0.2) is 41.0 Å². The summed E-state index contributed by atoms with van der Waals surface area (Å²) in [6.45, 7) is 6.60. The topological polar surface area (TPSA) is 72.2 Å². The van der Waals surface area contributed by atoms with Crippen LogP contribution in [0, 0.1) is 6.92 Å². The van der Waals surface area contributed by atoms with Crippen molar-refractivity contribution in [1.82, 2.24) is 9.80 Å². The molecule has 0 aliphatic carbocycles. The second-order valence-electron chi connectivity index (χ2n) is 8.41.